The Bertz CT molecular complexity index is 506. The number of nitrogen functional groups attached to an aromatic ring is 1. The summed E-state index contributed by atoms with van der Waals surface area (Å²) < 4.78 is 0. The molecule has 0 amide bonds. The summed E-state index contributed by atoms with van der Waals surface area (Å²) >= 11 is 8.84. The largest absolute Gasteiger partial charge is 0.399 e. The van der Waals surface area contributed by atoms with Crippen LogP contribution in [0.4, 0.5) is 5.69 Å². The van der Waals surface area contributed by atoms with Crippen molar-refractivity contribution < 1.29 is 0 Å². The lowest BCUT2D eigenvalue weighted by Gasteiger charge is -2.02. The molecule has 108 valence electrons. The normalized spacial score (nSPS) is 11.3. The SMILES string of the molecule is C=C/C(N)=C(/N=CCc1ccc(N)cc1)C(=C)Cl.NS. The summed E-state index contributed by atoms with van der Waals surface area (Å²) in [6.07, 6.45) is 3.88. The Morgan fingerprint density at radius 3 is 2.30 bits per heavy atom. The van der Waals surface area contributed by atoms with Crippen molar-refractivity contribution in [3.05, 3.63) is 65.5 Å². The zero-order valence-electron chi connectivity index (χ0n) is 11.1. The first-order chi connectivity index (χ1) is 9.54. The van der Waals surface area contributed by atoms with Gasteiger partial charge in [-0.05, 0) is 23.8 Å². The fourth-order valence-corrected chi connectivity index (χ4v) is 1.45. The molecule has 0 bridgehead atoms. The molecule has 20 heavy (non-hydrogen) atoms. The van der Waals surface area contributed by atoms with E-state index in [0.717, 1.165) is 11.3 Å². The lowest BCUT2D eigenvalue weighted by molar-refractivity contribution is 1.25. The number of halogens is 1. The monoisotopic (exact) mass is 310 g/mol. The van der Waals surface area contributed by atoms with E-state index in [1.807, 2.05) is 24.3 Å². The van der Waals surface area contributed by atoms with Crippen molar-refractivity contribution in [2.75, 3.05) is 5.73 Å². The molecular formula is C14H19ClN4S. The van der Waals surface area contributed by atoms with E-state index in [2.05, 4.69) is 36.1 Å². The maximum atomic E-state index is 5.81. The Morgan fingerprint density at radius 2 is 1.85 bits per heavy atom. The van der Waals surface area contributed by atoms with E-state index in [1.54, 1.807) is 6.21 Å². The standard InChI is InChI=1S/C14H16ClN3.H3NS/c1-3-13(17)14(10(2)15)18-9-8-11-4-6-12(16)7-5-11;1-2/h3-7,9H,1-2,8,16-17H2;2H,1H2/b14-13-,18-9?;. The van der Waals surface area contributed by atoms with Crippen molar-refractivity contribution in [1.82, 2.24) is 0 Å². The third-order valence-corrected chi connectivity index (χ3v) is 2.46. The molecule has 0 aliphatic heterocycles. The van der Waals surface area contributed by atoms with Gasteiger partial charge in [0.1, 0.15) is 5.70 Å². The Kier molecular flexibility index (Phi) is 9.28. The van der Waals surface area contributed by atoms with Gasteiger partial charge in [-0.3, -0.25) is 10.1 Å². The molecule has 0 aromatic heterocycles. The van der Waals surface area contributed by atoms with Crippen molar-refractivity contribution in [2.24, 2.45) is 15.9 Å². The molecule has 1 rings (SSSR count). The molecule has 0 saturated heterocycles. The van der Waals surface area contributed by atoms with Gasteiger partial charge in [0.25, 0.3) is 0 Å². The van der Waals surface area contributed by atoms with Gasteiger partial charge < -0.3 is 11.5 Å². The highest BCUT2D eigenvalue weighted by Gasteiger charge is 2.01. The van der Waals surface area contributed by atoms with Gasteiger partial charge in [0.2, 0.25) is 0 Å². The van der Waals surface area contributed by atoms with Gasteiger partial charge in [-0.25, -0.2) is 0 Å². The highest BCUT2D eigenvalue weighted by molar-refractivity contribution is 7.77. The van der Waals surface area contributed by atoms with E-state index in [0.29, 0.717) is 22.8 Å². The summed E-state index contributed by atoms with van der Waals surface area (Å²) in [5, 5.41) is 4.49. The van der Waals surface area contributed by atoms with E-state index in [1.165, 1.54) is 6.08 Å². The number of nitrogens with two attached hydrogens (primary N) is 3. The fourth-order valence-electron chi connectivity index (χ4n) is 1.29. The average Bonchev–Trinajstić information content (AvgIpc) is 2.46. The number of nitrogens with zero attached hydrogens (tertiary/aromatic N) is 1. The van der Waals surface area contributed by atoms with Crippen molar-refractivity contribution in [2.45, 2.75) is 6.42 Å². The molecule has 0 heterocycles. The first-order valence-electron chi connectivity index (χ1n) is 5.64. The lowest BCUT2D eigenvalue weighted by atomic mass is 10.1. The predicted molar refractivity (Wildman–Crippen MR) is 92.6 cm³/mol. The first-order valence-corrected chi connectivity index (χ1v) is 6.53. The Balaban J connectivity index is 0.00000172. The first kappa shape index (κ1) is 18.3. The predicted octanol–water partition coefficient (Wildman–Crippen LogP) is 2.78. The van der Waals surface area contributed by atoms with Crippen molar-refractivity contribution in [3.63, 3.8) is 0 Å². The van der Waals surface area contributed by atoms with Gasteiger partial charge in [-0.1, -0.05) is 36.9 Å². The molecule has 0 spiro atoms. The van der Waals surface area contributed by atoms with Crippen LogP contribution >= 0.6 is 24.4 Å². The van der Waals surface area contributed by atoms with Gasteiger partial charge in [-0.2, -0.15) is 0 Å². The highest BCUT2D eigenvalue weighted by atomic mass is 35.5. The molecule has 0 saturated carbocycles. The van der Waals surface area contributed by atoms with Crippen LogP contribution in [0.2, 0.25) is 0 Å². The number of rotatable bonds is 5. The Hall–Kier alpha value is -1.69. The molecule has 6 heteroatoms. The van der Waals surface area contributed by atoms with E-state index >= 15 is 0 Å². The molecule has 0 radical (unpaired) electrons. The van der Waals surface area contributed by atoms with Crippen LogP contribution in [0.25, 0.3) is 0 Å². The molecule has 0 atom stereocenters. The van der Waals surface area contributed by atoms with Crippen LogP contribution in [0.5, 0.6) is 0 Å². The van der Waals surface area contributed by atoms with Crippen LogP contribution < -0.4 is 16.6 Å². The van der Waals surface area contributed by atoms with Crippen LogP contribution in [-0.2, 0) is 6.42 Å². The number of hydrogen-bond acceptors (Lipinski definition) is 5. The number of aliphatic imine (C=N–C) groups is 1. The molecule has 6 N–H and O–H groups in total. The second-order valence-electron chi connectivity index (χ2n) is 3.67. The van der Waals surface area contributed by atoms with Gasteiger partial charge >= 0.3 is 0 Å². The summed E-state index contributed by atoms with van der Waals surface area (Å²) in [4.78, 5) is 4.21. The van der Waals surface area contributed by atoms with Crippen LogP contribution in [0.15, 0.2) is 64.9 Å². The van der Waals surface area contributed by atoms with Crippen LogP contribution in [0.3, 0.4) is 0 Å². The molecule has 1 aromatic rings. The van der Waals surface area contributed by atoms with Crippen molar-refractivity contribution in [1.29, 1.82) is 0 Å². The quantitative estimate of drug-likeness (QED) is 0.292. The summed E-state index contributed by atoms with van der Waals surface area (Å²) in [5.41, 5.74) is 14.0. The third-order valence-electron chi connectivity index (χ3n) is 2.28. The average molecular weight is 311 g/mol. The van der Waals surface area contributed by atoms with E-state index in [-0.39, 0.29) is 0 Å². The van der Waals surface area contributed by atoms with Crippen LogP contribution in [0.1, 0.15) is 5.56 Å². The highest BCUT2D eigenvalue weighted by Crippen LogP contribution is 2.16. The topological polar surface area (TPSA) is 90.4 Å². The van der Waals surface area contributed by atoms with E-state index in [9.17, 15) is 0 Å². The zero-order chi connectivity index (χ0) is 15.5. The van der Waals surface area contributed by atoms with E-state index in [4.69, 9.17) is 23.1 Å². The maximum Gasteiger partial charge on any atom is 0.103 e. The number of allylic oxidation sites excluding steroid dienone is 2. The molecule has 1 aromatic carbocycles. The third kappa shape index (κ3) is 6.47. The Morgan fingerprint density at radius 1 is 1.30 bits per heavy atom. The second kappa shape index (κ2) is 10.1. The molecule has 0 aliphatic carbocycles. The minimum absolute atomic E-state index is 0.293. The van der Waals surface area contributed by atoms with Gasteiger partial charge in [-0.15, -0.1) is 12.8 Å². The lowest BCUT2D eigenvalue weighted by Crippen LogP contribution is -1.99. The van der Waals surface area contributed by atoms with Gasteiger partial charge in [0, 0.05) is 18.3 Å². The van der Waals surface area contributed by atoms with Crippen molar-refractivity contribution >= 4 is 36.3 Å². The number of hydrogen-bond donors (Lipinski definition) is 4. The summed E-state index contributed by atoms with van der Waals surface area (Å²) in [5.74, 6) is 0. The molecular weight excluding hydrogens is 292 g/mol. The zero-order valence-corrected chi connectivity index (χ0v) is 12.7. The maximum absolute atomic E-state index is 5.81. The minimum atomic E-state index is 0.293. The summed E-state index contributed by atoms with van der Waals surface area (Å²) in [7, 11) is 0. The van der Waals surface area contributed by atoms with Gasteiger partial charge in [0.05, 0.1) is 10.7 Å². The molecule has 0 aliphatic rings. The second-order valence-corrected chi connectivity index (χ2v) is 4.13. The molecule has 0 fully saturated rings. The number of benzene rings is 1. The fraction of sp³-hybridized carbons (Fsp3) is 0.0714. The summed E-state index contributed by atoms with van der Waals surface area (Å²) in [6, 6.07) is 7.57. The summed E-state index contributed by atoms with van der Waals surface area (Å²) in [6.45, 7) is 7.18. The van der Waals surface area contributed by atoms with E-state index < -0.39 is 0 Å². The minimum Gasteiger partial charge on any atom is -0.399 e. The van der Waals surface area contributed by atoms with Crippen LogP contribution in [0, 0.1) is 0 Å². The Labute approximate surface area is 130 Å². The van der Waals surface area contributed by atoms with Gasteiger partial charge in [0.15, 0.2) is 0 Å². The number of thiol groups is 1. The van der Waals surface area contributed by atoms with Crippen molar-refractivity contribution in [3.8, 4) is 0 Å². The van der Waals surface area contributed by atoms with Crippen LogP contribution in [-0.4, -0.2) is 6.21 Å². The smallest absolute Gasteiger partial charge is 0.103 e. The molecule has 4 nitrogen and oxygen atoms in total. The number of anilines is 1. The molecule has 0 unspecified atom stereocenters.